The van der Waals surface area contributed by atoms with Gasteiger partial charge in [0.2, 0.25) is 0 Å². The summed E-state index contributed by atoms with van der Waals surface area (Å²) < 4.78 is 2.09. The minimum absolute atomic E-state index is 0.281. The van der Waals surface area contributed by atoms with Gasteiger partial charge in [0.25, 0.3) is 0 Å². The lowest BCUT2D eigenvalue weighted by atomic mass is 10.00. The molecule has 1 saturated heterocycles. The molecule has 6 nitrogen and oxygen atoms in total. The Hall–Kier alpha value is -2.99. The van der Waals surface area contributed by atoms with E-state index < -0.39 is 5.97 Å². The van der Waals surface area contributed by atoms with Crippen molar-refractivity contribution in [2.45, 2.75) is 32.2 Å². The number of carbonyl (C=O) groups is 1. The first-order valence-electron chi connectivity index (χ1n) is 10.2. The monoisotopic (exact) mass is 390 g/mol. The van der Waals surface area contributed by atoms with Crippen molar-refractivity contribution in [3.63, 3.8) is 0 Å². The number of aromatic nitrogens is 3. The summed E-state index contributed by atoms with van der Waals surface area (Å²) in [5.41, 5.74) is 4.00. The number of rotatable bonds is 6. The highest BCUT2D eigenvalue weighted by Gasteiger charge is 2.23. The first kappa shape index (κ1) is 19.3. The molecule has 0 bridgehead atoms. The Balaban J connectivity index is 1.72. The van der Waals surface area contributed by atoms with Crippen LogP contribution in [0.4, 0.5) is 0 Å². The van der Waals surface area contributed by atoms with Gasteiger partial charge >= 0.3 is 5.97 Å². The van der Waals surface area contributed by atoms with E-state index in [9.17, 15) is 9.90 Å². The van der Waals surface area contributed by atoms with Gasteiger partial charge in [0.1, 0.15) is 0 Å². The molecule has 1 aromatic carbocycles. The third kappa shape index (κ3) is 4.22. The molecule has 6 heteroatoms. The molecule has 1 aliphatic heterocycles. The van der Waals surface area contributed by atoms with Crippen molar-refractivity contribution < 1.29 is 9.90 Å². The Kier molecular flexibility index (Phi) is 5.71. The van der Waals surface area contributed by atoms with Crippen LogP contribution >= 0.6 is 0 Å². The van der Waals surface area contributed by atoms with E-state index in [4.69, 9.17) is 5.10 Å². The Bertz CT molecular complexity index is 984. The molecule has 4 rings (SSSR count). The van der Waals surface area contributed by atoms with Gasteiger partial charge in [-0.05, 0) is 43.1 Å². The van der Waals surface area contributed by atoms with Gasteiger partial charge in [-0.1, -0.05) is 37.3 Å². The van der Waals surface area contributed by atoms with Crippen molar-refractivity contribution >= 4 is 5.97 Å². The maximum atomic E-state index is 11.6. The summed E-state index contributed by atoms with van der Waals surface area (Å²) in [5.74, 6) is -0.936. The molecule has 0 radical (unpaired) electrons. The first-order valence-corrected chi connectivity index (χ1v) is 10.2. The SMILES string of the molecule is CCN1CCCC(n2cc(-c3ccccc3)c(Cc3cnccc3C(=O)O)n2)C1. The molecular formula is C23H26N4O2. The van der Waals surface area contributed by atoms with E-state index in [0.717, 1.165) is 42.9 Å². The molecule has 1 fully saturated rings. The van der Waals surface area contributed by atoms with Crippen LogP contribution in [-0.2, 0) is 6.42 Å². The number of hydrogen-bond donors (Lipinski definition) is 1. The van der Waals surface area contributed by atoms with E-state index in [0.29, 0.717) is 18.0 Å². The Morgan fingerprint density at radius 3 is 2.83 bits per heavy atom. The zero-order chi connectivity index (χ0) is 20.2. The highest BCUT2D eigenvalue weighted by atomic mass is 16.4. The molecule has 0 spiro atoms. The Morgan fingerprint density at radius 2 is 2.07 bits per heavy atom. The lowest BCUT2D eigenvalue weighted by Crippen LogP contribution is -2.36. The van der Waals surface area contributed by atoms with E-state index in [2.05, 4.69) is 39.8 Å². The number of likely N-dealkylation sites (N-methyl/N-ethyl adjacent to an activating group) is 1. The summed E-state index contributed by atoms with van der Waals surface area (Å²) >= 11 is 0. The molecular weight excluding hydrogens is 364 g/mol. The molecule has 1 unspecified atom stereocenters. The van der Waals surface area contributed by atoms with Crippen LogP contribution < -0.4 is 0 Å². The average Bonchev–Trinajstić information content (AvgIpc) is 3.18. The van der Waals surface area contributed by atoms with E-state index in [1.807, 2.05) is 18.2 Å². The van der Waals surface area contributed by atoms with E-state index in [1.165, 1.54) is 12.6 Å². The smallest absolute Gasteiger partial charge is 0.336 e. The number of benzene rings is 1. The molecule has 3 aromatic rings. The van der Waals surface area contributed by atoms with Crippen LogP contribution in [0.15, 0.2) is 55.0 Å². The topological polar surface area (TPSA) is 71.2 Å². The fourth-order valence-corrected chi connectivity index (χ4v) is 4.10. The standard InChI is InChI=1S/C23H26N4O2/c1-2-26-12-6-9-19(15-26)27-16-21(17-7-4-3-5-8-17)22(25-27)13-18-14-24-11-10-20(18)23(28)29/h3-5,7-8,10-11,14,16,19H,2,6,9,12-13,15H2,1H3,(H,28,29). The zero-order valence-electron chi connectivity index (χ0n) is 16.7. The Labute approximate surface area is 170 Å². The lowest BCUT2D eigenvalue weighted by molar-refractivity contribution is 0.0695. The largest absolute Gasteiger partial charge is 0.478 e. The van der Waals surface area contributed by atoms with E-state index in [1.54, 1.807) is 12.3 Å². The summed E-state index contributed by atoms with van der Waals surface area (Å²) in [7, 11) is 0. The van der Waals surface area contributed by atoms with Crippen LogP contribution in [0, 0.1) is 0 Å². The van der Waals surface area contributed by atoms with Crippen molar-refractivity contribution in [1.82, 2.24) is 19.7 Å². The van der Waals surface area contributed by atoms with Crippen LogP contribution in [0.5, 0.6) is 0 Å². The van der Waals surface area contributed by atoms with Crippen LogP contribution in [0.1, 0.15) is 47.4 Å². The van der Waals surface area contributed by atoms with Crippen molar-refractivity contribution in [3.8, 4) is 11.1 Å². The predicted molar refractivity (Wildman–Crippen MR) is 112 cm³/mol. The predicted octanol–water partition coefficient (Wildman–Crippen LogP) is 3.89. The third-order valence-corrected chi connectivity index (χ3v) is 5.69. The molecule has 2 aromatic heterocycles. The number of carboxylic acids is 1. The minimum atomic E-state index is -0.936. The van der Waals surface area contributed by atoms with Crippen molar-refractivity contribution in [1.29, 1.82) is 0 Å². The number of hydrogen-bond acceptors (Lipinski definition) is 4. The molecule has 0 saturated carbocycles. The van der Waals surface area contributed by atoms with E-state index in [-0.39, 0.29) is 5.56 Å². The van der Waals surface area contributed by atoms with Crippen LogP contribution in [0.25, 0.3) is 11.1 Å². The van der Waals surface area contributed by atoms with Gasteiger partial charge in [-0.25, -0.2) is 4.79 Å². The van der Waals surface area contributed by atoms with Gasteiger partial charge in [0.05, 0.1) is 17.3 Å². The summed E-state index contributed by atoms with van der Waals surface area (Å²) in [5, 5.41) is 14.5. The van der Waals surface area contributed by atoms with E-state index >= 15 is 0 Å². The minimum Gasteiger partial charge on any atom is -0.478 e. The molecule has 1 N–H and O–H groups in total. The van der Waals surface area contributed by atoms with Crippen LogP contribution in [0.2, 0.25) is 0 Å². The summed E-state index contributed by atoms with van der Waals surface area (Å²) in [6.07, 6.45) is 8.00. The van der Waals surface area contributed by atoms with Gasteiger partial charge in [-0.15, -0.1) is 0 Å². The number of pyridine rings is 1. The van der Waals surface area contributed by atoms with Crippen molar-refractivity contribution in [3.05, 3.63) is 71.8 Å². The highest BCUT2D eigenvalue weighted by Crippen LogP contribution is 2.29. The first-order chi connectivity index (χ1) is 14.2. The van der Waals surface area contributed by atoms with Gasteiger partial charge in [0, 0.05) is 37.1 Å². The number of nitrogens with zero attached hydrogens (tertiary/aromatic N) is 4. The molecule has 1 atom stereocenters. The molecule has 1 aliphatic rings. The van der Waals surface area contributed by atoms with Crippen molar-refractivity contribution in [2.75, 3.05) is 19.6 Å². The second-order valence-electron chi connectivity index (χ2n) is 7.54. The summed E-state index contributed by atoms with van der Waals surface area (Å²) in [6, 6.07) is 12.1. The maximum absolute atomic E-state index is 11.6. The summed E-state index contributed by atoms with van der Waals surface area (Å²) in [4.78, 5) is 18.2. The maximum Gasteiger partial charge on any atom is 0.336 e. The molecule has 0 amide bonds. The Morgan fingerprint density at radius 1 is 1.24 bits per heavy atom. The molecule has 3 heterocycles. The number of aromatic carboxylic acids is 1. The molecule has 150 valence electrons. The summed E-state index contributed by atoms with van der Waals surface area (Å²) in [6.45, 7) is 5.39. The normalized spacial score (nSPS) is 17.3. The quantitative estimate of drug-likeness (QED) is 0.691. The van der Waals surface area contributed by atoms with Gasteiger partial charge in [-0.2, -0.15) is 5.10 Å². The number of likely N-dealkylation sites (tertiary alicyclic amines) is 1. The number of piperidine rings is 1. The fourth-order valence-electron chi connectivity index (χ4n) is 4.10. The molecule has 0 aliphatic carbocycles. The zero-order valence-corrected chi connectivity index (χ0v) is 16.7. The third-order valence-electron chi connectivity index (χ3n) is 5.69. The lowest BCUT2D eigenvalue weighted by Gasteiger charge is -2.31. The number of carboxylic acid groups (broad SMARTS) is 1. The van der Waals surface area contributed by atoms with Gasteiger partial charge < -0.3 is 10.0 Å². The van der Waals surface area contributed by atoms with Crippen molar-refractivity contribution in [2.24, 2.45) is 0 Å². The molecule has 29 heavy (non-hydrogen) atoms. The van der Waals surface area contributed by atoms with Gasteiger partial charge in [0.15, 0.2) is 0 Å². The van der Waals surface area contributed by atoms with Gasteiger partial charge in [-0.3, -0.25) is 9.67 Å². The fraction of sp³-hybridized carbons (Fsp3) is 0.348. The second-order valence-corrected chi connectivity index (χ2v) is 7.54. The average molecular weight is 390 g/mol. The highest BCUT2D eigenvalue weighted by molar-refractivity contribution is 5.89. The van der Waals surface area contributed by atoms with Crippen LogP contribution in [0.3, 0.4) is 0 Å². The van der Waals surface area contributed by atoms with Crippen LogP contribution in [-0.4, -0.2) is 50.4 Å². The second kappa shape index (κ2) is 8.57.